The molecule has 1 aromatic carbocycles. The van der Waals surface area contributed by atoms with Crippen LogP contribution >= 0.6 is 0 Å². The maximum Gasteiger partial charge on any atom is 0.123 e. The van der Waals surface area contributed by atoms with E-state index in [9.17, 15) is 9.50 Å². The summed E-state index contributed by atoms with van der Waals surface area (Å²) < 4.78 is 18.2. The molecule has 3 nitrogen and oxygen atoms in total. The molecule has 1 atom stereocenters. The Morgan fingerprint density at radius 3 is 2.94 bits per heavy atom. The lowest BCUT2D eigenvalue weighted by Crippen LogP contribution is -2.23. The molecular weight excluding hydrogens is 209 g/mol. The van der Waals surface area contributed by atoms with Crippen LogP contribution in [0.15, 0.2) is 18.2 Å². The molecule has 2 N–H and O–H groups in total. The van der Waals surface area contributed by atoms with Crippen molar-refractivity contribution in [3.63, 3.8) is 0 Å². The second-order valence-corrected chi connectivity index (χ2v) is 3.58. The zero-order valence-corrected chi connectivity index (χ0v) is 9.66. The second-order valence-electron chi connectivity index (χ2n) is 3.58. The lowest BCUT2D eigenvalue weighted by atomic mass is 10.1. The molecule has 0 aliphatic carbocycles. The average molecular weight is 227 g/mol. The molecule has 0 spiro atoms. The van der Waals surface area contributed by atoms with Gasteiger partial charge in [-0.2, -0.15) is 0 Å². The van der Waals surface area contributed by atoms with Gasteiger partial charge in [0.2, 0.25) is 0 Å². The minimum absolute atomic E-state index is 0.101. The molecule has 1 rings (SSSR count). The normalized spacial score (nSPS) is 12.7. The van der Waals surface area contributed by atoms with E-state index in [0.29, 0.717) is 25.3 Å². The van der Waals surface area contributed by atoms with E-state index in [0.717, 1.165) is 0 Å². The molecule has 1 aromatic rings. The van der Waals surface area contributed by atoms with Crippen LogP contribution in [0.25, 0.3) is 0 Å². The Bertz CT molecular complexity index is 331. The first-order valence-electron chi connectivity index (χ1n) is 5.44. The van der Waals surface area contributed by atoms with Gasteiger partial charge in [-0.05, 0) is 32.0 Å². The standard InChI is InChI=1S/C12H18FNO2/c1-3-16-7-6-14-9(2)11-8-10(13)4-5-12(11)15/h4-5,8-9,14-15H,3,6-7H2,1-2H3. The highest BCUT2D eigenvalue weighted by atomic mass is 19.1. The summed E-state index contributed by atoms with van der Waals surface area (Å²) in [5.41, 5.74) is 0.566. The Kier molecular flexibility index (Phi) is 5.22. The Morgan fingerprint density at radius 2 is 2.25 bits per heavy atom. The van der Waals surface area contributed by atoms with Crippen molar-refractivity contribution in [3.05, 3.63) is 29.6 Å². The van der Waals surface area contributed by atoms with Crippen molar-refractivity contribution >= 4 is 0 Å². The number of halogens is 1. The van der Waals surface area contributed by atoms with E-state index in [4.69, 9.17) is 4.74 Å². The predicted molar refractivity (Wildman–Crippen MR) is 61.0 cm³/mol. The fourth-order valence-corrected chi connectivity index (χ4v) is 1.47. The third kappa shape index (κ3) is 3.79. The number of aromatic hydroxyl groups is 1. The van der Waals surface area contributed by atoms with Crippen LogP contribution in [-0.4, -0.2) is 24.9 Å². The molecule has 16 heavy (non-hydrogen) atoms. The first kappa shape index (κ1) is 12.9. The number of ether oxygens (including phenoxy) is 1. The highest BCUT2D eigenvalue weighted by Gasteiger charge is 2.10. The van der Waals surface area contributed by atoms with Crippen LogP contribution in [0.1, 0.15) is 25.5 Å². The molecule has 1 unspecified atom stereocenters. The number of rotatable bonds is 6. The maximum atomic E-state index is 13.0. The van der Waals surface area contributed by atoms with Gasteiger partial charge >= 0.3 is 0 Å². The molecule has 0 fully saturated rings. The van der Waals surface area contributed by atoms with Gasteiger partial charge < -0.3 is 15.2 Å². The van der Waals surface area contributed by atoms with E-state index in [2.05, 4.69) is 5.32 Å². The Balaban J connectivity index is 2.51. The molecule has 0 radical (unpaired) electrons. The van der Waals surface area contributed by atoms with Crippen LogP contribution < -0.4 is 5.32 Å². The van der Waals surface area contributed by atoms with Crippen molar-refractivity contribution < 1.29 is 14.2 Å². The summed E-state index contributed by atoms with van der Waals surface area (Å²) >= 11 is 0. The van der Waals surface area contributed by atoms with Gasteiger partial charge in [-0.1, -0.05) is 0 Å². The SMILES string of the molecule is CCOCCNC(C)c1cc(F)ccc1O. The van der Waals surface area contributed by atoms with Gasteiger partial charge in [0.15, 0.2) is 0 Å². The maximum absolute atomic E-state index is 13.0. The van der Waals surface area contributed by atoms with E-state index in [-0.39, 0.29) is 17.6 Å². The van der Waals surface area contributed by atoms with Gasteiger partial charge in [-0.25, -0.2) is 4.39 Å². The zero-order chi connectivity index (χ0) is 12.0. The van der Waals surface area contributed by atoms with Crippen molar-refractivity contribution in [2.24, 2.45) is 0 Å². The Morgan fingerprint density at radius 1 is 1.50 bits per heavy atom. The molecule has 0 saturated carbocycles. The Labute approximate surface area is 95.2 Å². The van der Waals surface area contributed by atoms with Gasteiger partial charge in [0.05, 0.1) is 6.61 Å². The number of hydrogen-bond donors (Lipinski definition) is 2. The molecular formula is C12H18FNO2. The molecule has 0 aromatic heterocycles. The molecule has 0 amide bonds. The van der Waals surface area contributed by atoms with Crippen molar-refractivity contribution in [1.29, 1.82) is 0 Å². The molecule has 90 valence electrons. The van der Waals surface area contributed by atoms with Crippen LogP contribution in [0, 0.1) is 5.82 Å². The monoisotopic (exact) mass is 227 g/mol. The minimum atomic E-state index is -0.341. The molecule has 0 heterocycles. The van der Waals surface area contributed by atoms with Crippen LogP contribution in [-0.2, 0) is 4.74 Å². The summed E-state index contributed by atoms with van der Waals surface area (Å²) in [7, 11) is 0. The third-order valence-corrected chi connectivity index (χ3v) is 2.36. The zero-order valence-electron chi connectivity index (χ0n) is 9.66. The average Bonchev–Trinajstić information content (AvgIpc) is 2.27. The van der Waals surface area contributed by atoms with Crippen LogP contribution in [0.3, 0.4) is 0 Å². The molecule has 4 heteroatoms. The van der Waals surface area contributed by atoms with Crippen molar-refractivity contribution in [3.8, 4) is 5.75 Å². The lowest BCUT2D eigenvalue weighted by molar-refractivity contribution is 0.147. The van der Waals surface area contributed by atoms with Crippen LogP contribution in [0.2, 0.25) is 0 Å². The van der Waals surface area contributed by atoms with Crippen molar-refractivity contribution in [1.82, 2.24) is 5.32 Å². The fourth-order valence-electron chi connectivity index (χ4n) is 1.47. The largest absolute Gasteiger partial charge is 0.508 e. The summed E-state index contributed by atoms with van der Waals surface area (Å²) in [4.78, 5) is 0. The van der Waals surface area contributed by atoms with E-state index < -0.39 is 0 Å². The topological polar surface area (TPSA) is 41.5 Å². The molecule has 0 aliphatic rings. The van der Waals surface area contributed by atoms with Crippen molar-refractivity contribution in [2.75, 3.05) is 19.8 Å². The number of nitrogens with one attached hydrogen (secondary N) is 1. The first-order chi connectivity index (χ1) is 7.65. The molecule has 0 aliphatic heterocycles. The second kappa shape index (κ2) is 6.45. The van der Waals surface area contributed by atoms with E-state index in [1.165, 1.54) is 18.2 Å². The van der Waals surface area contributed by atoms with Gasteiger partial charge in [-0.15, -0.1) is 0 Å². The number of phenols is 1. The highest BCUT2D eigenvalue weighted by Crippen LogP contribution is 2.24. The van der Waals surface area contributed by atoms with E-state index in [1.54, 1.807) is 0 Å². The Hall–Kier alpha value is -1.13. The first-order valence-corrected chi connectivity index (χ1v) is 5.44. The van der Waals surface area contributed by atoms with Gasteiger partial charge in [0.1, 0.15) is 11.6 Å². The summed E-state index contributed by atoms with van der Waals surface area (Å²) in [5.74, 6) is -0.232. The lowest BCUT2D eigenvalue weighted by Gasteiger charge is -2.15. The van der Waals surface area contributed by atoms with Crippen LogP contribution in [0.5, 0.6) is 5.75 Å². The number of benzene rings is 1. The number of hydrogen-bond acceptors (Lipinski definition) is 3. The van der Waals surface area contributed by atoms with Crippen molar-refractivity contribution in [2.45, 2.75) is 19.9 Å². The van der Waals surface area contributed by atoms with Gasteiger partial charge in [0.25, 0.3) is 0 Å². The van der Waals surface area contributed by atoms with Crippen LogP contribution in [0.4, 0.5) is 4.39 Å². The number of phenolic OH excluding ortho intramolecular Hbond substituents is 1. The summed E-state index contributed by atoms with van der Waals surface area (Å²) in [6.45, 7) is 5.77. The quantitative estimate of drug-likeness (QED) is 0.732. The van der Waals surface area contributed by atoms with E-state index >= 15 is 0 Å². The highest BCUT2D eigenvalue weighted by molar-refractivity contribution is 5.34. The minimum Gasteiger partial charge on any atom is -0.508 e. The third-order valence-electron chi connectivity index (χ3n) is 2.36. The van der Waals surface area contributed by atoms with Gasteiger partial charge in [0, 0.05) is 24.8 Å². The van der Waals surface area contributed by atoms with Gasteiger partial charge in [-0.3, -0.25) is 0 Å². The summed E-state index contributed by atoms with van der Waals surface area (Å²) in [6, 6.07) is 3.85. The predicted octanol–water partition coefficient (Wildman–Crippen LogP) is 2.22. The van der Waals surface area contributed by atoms with E-state index in [1.807, 2.05) is 13.8 Å². The smallest absolute Gasteiger partial charge is 0.123 e. The summed E-state index contributed by atoms with van der Waals surface area (Å²) in [5, 5.41) is 12.7. The molecule has 0 bridgehead atoms. The molecule has 0 saturated heterocycles. The fraction of sp³-hybridized carbons (Fsp3) is 0.500. The summed E-state index contributed by atoms with van der Waals surface area (Å²) in [6.07, 6.45) is 0.